The van der Waals surface area contributed by atoms with Crippen molar-refractivity contribution in [3.63, 3.8) is 0 Å². The van der Waals surface area contributed by atoms with Crippen LogP contribution in [0.25, 0.3) is 22.3 Å². The third-order valence-electron chi connectivity index (χ3n) is 7.33. The van der Waals surface area contributed by atoms with Crippen LogP contribution < -0.4 is 14.9 Å². The van der Waals surface area contributed by atoms with E-state index < -0.39 is 79.2 Å². The third kappa shape index (κ3) is 5.68. The lowest BCUT2D eigenvalue weighted by Gasteiger charge is -2.45. The molecule has 0 radical (unpaired) electrons. The van der Waals surface area contributed by atoms with Crippen LogP contribution in [0.1, 0.15) is 6.92 Å². The molecule has 0 aliphatic carbocycles. The van der Waals surface area contributed by atoms with Crippen LogP contribution in [0.4, 0.5) is 0 Å². The van der Waals surface area contributed by atoms with Gasteiger partial charge in [-0.05, 0) is 31.2 Å². The van der Waals surface area contributed by atoms with Gasteiger partial charge in [0, 0.05) is 23.8 Å². The number of methoxy groups -OCH3 is 1. The highest BCUT2D eigenvalue weighted by Crippen LogP contribution is 2.35. The molecule has 0 unspecified atom stereocenters. The molecule has 14 nitrogen and oxygen atoms in total. The van der Waals surface area contributed by atoms with E-state index in [0.717, 1.165) is 6.07 Å². The summed E-state index contributed by atoms with van der Waals surface area (Å²) in [4.78, 5) is 12.9. The number of rotatable bonds is 7. The molecule has 2 aliphatic heterocycles. The van der Waals surface area contributed by atoms with E-state index in [1.165, 1.54) is 26.2 Å². The number of hydrogen-bond acceptors (Lipinski definition) is 14. The first-order valence-corrected chi connectivity index (χ1v) is 13.1. The first kappa shape index (κ1) is 30.2. The molecule has 2 fully saturated rings. The predicted octanol–water partition coefficient (Wildman–Crippen LogP) is -0.795. The molecule has 0 bridgehead atoms. The molecule has 2 aliphatic rings. The lowest BCUT2D eigenvalue weighted by atomic mass is 9.97. The van der Waals surface area contributed by atoms with E-state index in [-0.39, 0.29) is 22.5 Å². The van der Waals surface area contributed by atoms with Crippen molar-refractivity contribution in [3.8, 4) is 28.6 Å². The average molecular weight is 593 g/mol. The van der Waals surface area contributed by atoms with E-state index >= 15 is 0 Å². The summed E-state index contributed by atoms with van der Waals surface area (Å²) in [5, 5.41) is 72.1. The Bertz CT molecular complexity index is 1440. The van der Waals surface area contributed by atoms with Crippen LogP contribution >= 0.6 is 0 Å². The second kappa shape index (κ2) is 12.1. The minimum Gasteiger partial charge on any atom is -0.507 e. The van der Waals surface area contributed by atoms with Gasteiger partial charge >= 0.3 is 0 Å². The highest BCUT2D eigenvalue weighted by atomic mass is 16.8. The fourth-order valence-corrected chi connectivity index (χ4v) is 4.92. The van der Waals surface area contributed by atoms with Gasteiger partial charge in [-0.25, -0.2) is 0 Å². The van der Waals surface area contributed by atoms with Crippen LogP contribution in [-0.4, -0.2) is 111 Å². The Morgan fingerprint density at radius 2 is 1.55 bits per heavy atom. The number of aliphatic hydroxyl groups excluding tert-OH is 6. The molecule has 14 heteroatoms. The monoisotopic (exact) mass is 592 g/mol. The number of phenols is 1. The molecule has 3 heterocycles. The minimum atomic E-state index is -1.75. The summed E-state index contributed by atoms with van der Waals surface area (Å²) in [6.07, 6.45) is -15.2. The number of fused-ring (bicyclic) bond motifs is 1. The lowest BCUT2D eigenvalue weighted by Crippen LogP contribution is -2.64. The van der Waals surface area contributed by atoms with Crippen molar-refractivity contribution in [1.82, 2.24) is 0 Å². The van der Waals surface area contributed by atoms with E-state index in [1.807, 2.05) is 0 Å². The molecular formula is C28H32O14. The summed E-state index contributed by atoms with van der Waals surface area (Å²) in [5.41, 5.74) is -0.0218. The Kier molecular flexibility index (Phi) is 8.71. The van der Waals surface area contributed by atoms with Gasteiger partial charge in [0.1, 0.15) is 70.6 Å². The van der Waals surface area contributed by atoms with Gasteiger partial charge in [0.25, 0.3) is 0 Å². The Labute approximate surface area is 238 Å². The normalized spacial score (nSPS) is 33.4. The zero-order valence-corrected chi connectivity index (χ0v) is 22.5. The highest BCUT2D eigenvalue weighted by Gasteiger charge is 2.50. The Hall–Kier alpha value is -3.31. The quantitative estimate of drug-likeness (QED) is 0.179. The number of hydrogen-bond donors (Lipinski definition) is 7. The van der Waals surface area contributed by atoms with Gasteiger partial charge in [-0.15, -0.1) is 0 Å². The van der Waals surface area contributed by atoms with Crippen LogP contribution in [0, 0.1) is 0 Å². The summed E-state index contributed by atoms with van der Waals surface area (Å²) in [6.45, 7) is 0.721. The first-order valence-electron chi connectivity index (χ1n) is 13.1. The molecule has 228 valence electrons. The van der Waals surface area contributed by atoms with Crippen molar-refractivity contribution in [3.05, 3.63) is 52.7 Å². The van der Waals surface area contributed by atoms with Gasteiger partial charge in [-0.1, -0.05) is 0 Å². The summed E-state index contributed by atoms with van der Waals surface area (Å²) >= 11 is 0. The summed E-state index contributed by atoms with van der Waals surface area (Å²) in [6, 6.07) is 10.4. The molecular weight excluding hydrogens is 560 g/mol. The van der Waals surface area contributed by atoms with Crippen molar-refractivity contribution in [2.24, 2.45) is 0 Å². The van der Waals surface area contributed by atoms with Crippen LogP contribution in [-0.2, 0) is 14.2 Å². The maximum atomic E-state index is 12.9. The highest BCUT2D eigenvalue weighted by molar-refractivity contribution is 5.86. The van der Waals surface area contributed by atoms with Crippen LogP contribution in [0.3, 0.4) is 0 Å². The molecule has 0 amide bonds. The summed E-state index contributed by atoms with van der Waals surface area (Å²) < 4.78 is 33.7. The van der Waals surface area contributed by atoms with Crippen LogP contribution in [0.5, 0.6) is 17.2 Å². The van der Waals surface area contributed by atoms with E-state index in [4.69, 9.17) is 28.1 Å². The Morgan fingerprint density at radius 3 is 2.21 bits per heavy atom. The molecule has 3 aromatic rings. The maximum Gasteiger partial charge on any atom is 0.229 e. The molecule has 0 saturated carbocycles. The average Bonchev–Trinajstić information content (AvgIpc) is 2.97. The maximum absolute atomic E-state index is 12.9. The van der Waals surface area contributed by atoms with Gasteiger partial charge in [0.2, 0.25) is 6.29 Å². The second-order valence-corrected chi connectivity index (χ2v) is 10.1. The molecule has 5 rings (SSSR count). The number of aliphatic hydroxyl groups is 6. The molecule has 42 heavy (non-hydrogen) atoms. The smallest absolute Gasteiger partial charge is 0.229 e. The summed E-state index contributed by atoms with van der Waals surface area (Å²) in [5.74, 6) is 0.197. The molecule has 2 aromatic carbocycles. The van der Waals surface area contributed by atoms with Gasteiger partial charge in [0.05, 0.1) is 19.8 Å². The van der Waals surface area contributed by atoms with Gasteiger partial charge in [-0.3, -0.25) is 4.79 Å². The standard InChI is InChI=1S/C28H32O14/c1-11-21(32)23(34)25(36)27(38-11)42-26-24(35)22(33)19(10-29)41-28(26)39-14-7-15(30)20-16(31)9-17(40-18(20)8-14)12-3-5-13(37-2)6-4-12/h3-9,11,19,21-30,32-36H,10H2,1-2H3/t11-,19+,21-,22+,23+,24-,25-,26+,27-,28-/m1/s1. The molecule has 0 spiro atoms. The van der Waals surface area contributed by atoms with Crippen LogP contribution in [0.2, 0.25) is 0 Å². The number of benzene rings is 2. The van der Waals surface area contributed by atoms with Crippen molar-refractivity contribution < 1.29 is 63.8 Å². The topological polar surface area (TPSA) is 218 Å². The first-order chi connectivity index (χ1) is 20.0. The zero-order chi connectivity index (χ0) is 30.3. The summed E-state index contributed by atoms with van der Waals surface area (Å²) in [7, 11) is 1.52. The van der Waals surface area contributed by atoms with E-state index in [2.05, 4.69) is 0 Å². The molecule has 2 saturated heterocycles. The minimum absolute atomic E-state index is 0.0483. The van der Waals surface area contributed by atoms with Crippen molar-refractivity contribution in [2.75, 3.05) is 13.7 Å². The number of aromatic hydroxyl groups is 1. The molecule has 10 atom stereocenters. The Balaban J connectivity index is 1.47. The largest absolute Gasteiger partial charge is 0.507 e. The van der Waals surface area contributed by atoms with Gasteiger partial charge in [-0.2, -0.15) is 0 Å². The molecule has 1 aromatic heterocycles. The number of ether oxygens (including phenoxy) is 5. The van der Waals surface area contributed by atoms with E-state index in [1.54, 1.807) is 24.3 Å². The number of phenolic OH excluding ortho intramolecular Hbond substituents is 1. The third-order valence-corrected chi connectivity index (χ3v) is 7.33. The van der Waals surface area contributed by atoms with Crippen molar-refractivity contribution >= 4 is 11.0 Å². The van der Waals surface area contributed by atoms with E-state index in [9.17, 15) is 40.5 Å². The Morgan fingerprint density at radius 1 is 0.833 bits per heavy atom. The van der Waals surface area contributed by atoms with Crippen LogP contribution in [0.15, 0.2) is 51.7 Å². The van der Waals surface area contributed by atoms with Gasteiger partial charge < -0.3 is 63.8 Å². The molecule has 7 N–H and O–H groups in total. The van der Waals surface area contributed by atoms with Crippen molar-refractivity contribution in [1.29, 1.82) is 0 Å². The SMILES string of the molecule is COc1ccc(-c2cc(=O)c3c(O)cc(O[C@@H]4O[C@@H](CO)[C@H](O)[C@@H](O)[C@@H]4O[C@H]4O[C@H](C)[C@@H](O)[C@H](O)[C@H]4O)cc3o2)cc1. The second-order valence-electron chi connectivity index (χ2n) is 10.1. The fraction of sp³-hybridized carbons (Fsp3) is 0.464. The lowest BCUT2D eigenvalue weighted by molar-refractivity contribution is -0.354. The van der Waals surface area contributed by atoms with E-state index in [0.29, 0.717) is 11.3 Å². The van der Waals surface area contributed by atoms with Crippen molar-refractivity contribution in [2.45, 2.75) is 68.3 Å². The van der Waals surface area contributed by atoms with Gasteiger partial charge in [0.15, 0.2) is 17.8 Å². The zero-order valence-electron chi connectivity index (χ0n) is 22.5. The predicted molar refractivity (Wildman–Crippen MR) is 142 cm³/mol. The fourth-order valence-electron chi connectivity index (χ4n) is 4.92.